The Hall–Kier alpha value is -2.96. The van der Waals surface area contributed by atoms with E-state index in [9.17, 15) is 18.8 Å². The first kappa shape index (κ1) is 24.3. The van der Waals surface area contributed by atoms with Crippen LogP contribution < -0.4 is 0 Å². The molecule has 0 bridgehead atoms. The van der Waals surface area contributed by atoms with Gasteiger partial charge in [0.05, 0.1) is 12.6 Å². The zero-order chi connectivity index (χ0) is 23.3. The standard InChI is InChI=1S/C24H31FN2O4/c1-7-13-27(23(29)18-11-10-12-19(25)14-18)17(6)22(28)20-15(4)21(24(30)31-9-3)26(8-2)16(20)5/h10-12,14,17H,7-9,13H2,1-6H3. The van der Waals surface area contributed by atoms with Gasteiger partial charge < -0.3 is 14.2 Å². The van der Waals surface area contributed by atoms with Crippen molar-refractivity contribution in [3.8, 4) is 0 Å². The molecule has 0 aliphatic carbocycles. The predicted octanol–water partition coefficient (Wildman–Crippen LogP) is 4.56. The molecule has 0 fully saturated rings. The molecule has 168 valence electrons. The summed E-state index contributed by atoms with van der Waals surface area (Å²) in [5.41, 5.74) is 2.18. The van der Waals surface area contributed by atoms with Gasteiger partial charge in [-0.25, -0.2) is 9.18 Å². The maximum absolute atomic E-state index is 13.6. The van der Waals surface area contributed by atoms with Gasteiger partial charge in [-0.1, -0.05) is 13.0 Å². The second-order valence-corrected chi connectivity index (χ2v) is 7.45. The highest BCUT2D eigenvalue weighted by molar-refractivity contribution is 6.07. The number of rotatable bonds is 9. The molecule has 1 heterocycles. The number of carbonyl (C=O) groups excluding carboxylic acids is 3. The molecular weight excluding hydrogens is 399 g/mol. The van der Waals surface area contributed by atoms with Crippen LogP contribution in [0.3, 0.4) is 0 Å². The van der Waals surface area contributed by atoms with Gasteiger partial charge in [0.1, 0.15) is 11.5 Å². The fourth-order valence-electron chi connectivity index (χ4n) is 3.97. The van der Waals surface area contributed by atoms with Crippen molar-refractivity contribution >= 4 is 17.7 Å². The Morgan fingerprint density at radius 2 is 1.84 bits per heavy atom. The highest BCUT2D eigenvalue weighted by Crippen LogP contribution is 2.26. The molecule has 0 saturated carbocycles. The number of halogens is 1. The second-order valence-electron chi connectivity index (χ2n) is 7.45. The molecule has 0 radical (unpaired) electrons. The van der Waals surface area contributed by atoms with Crippen molar-refractivity contribution in [2.24, 2.45) is 0 Å². The molecule has 0 N–H and O–H groups in total. The van der Waals surface area contributed by atoms with E-state index in [0.717, 1.165) is 0 Å². The number of hydrogen-bond acceptors (Lipinski definition) is 4. The van der Waals surface area contributed by atoms with Gasteiger partial charge in [-0.15, -0.1) is 0 Å². The molecule has 0 aliphatic rings. The van der Waals surface area contributed by atoms with Crippen molar-refractivity contribution in [3.05, 3.63) is 58.2 Å². The van der Waals surface area contributed by atoms with E-state index in [1.54, 1.807) is 32.3 Å². The largest absolute Gasteiger partial charge is 0.461 e. The summed E-state index contributed by atoms with van der Waals surface area (Å²) in [4.78, 5) is 40.6. The second kappa shape index (κ2) is 10.4. The lowest BCUT2D eigenvalue weighted by molar-refractivity contribution is 0.0512. The molecule has 0 saturated heterocycles. The Morgan fingerprint density at radius 3 is 2.39 bits per heavy atom. The zero-order valence-electron chi connectivity index (χ0n) is 19.1. The number of benzene rings is 1. The Bertz CT molecular complexity index is 980. The quantitative estimate of drug-likeness (QED) is 0.432. The van der Waals surface area contributed by atoms with Crippen LogP contribution in [0.2, 0.25) is 0 Å². The van der Waals surface area contributed by atoms with Gasteiger partial charge in [0.15, 0.2) is 5.78 Å². The van der Waals surface area contributed by atoms with Crippen molar-refractivity contribution in [2.75, 3.05) is 13.2 Å². The number of nitrogens with zero attached hydrogens (tertiary/aromatic N) is 2. The molecule has 1 unspecified atom stereocenters. The first-order chi connectivity index (χ1) is 14.7. The van der Waals surface area contributed by atoms with Crippen LogP contribution in [0.1, 0.15) is 76.6 Å². The van der Waals surface area contributed by atoms with Crippen LogP contribution in [-0.4, -0.2) is 46.3 Å². The minimum absolute atomic E-state index is 0.194. The Morgan fingerprint density at radius 1 is 1.16 bits per heavy atom. The summed E-state index contributed by atoms with van der Waals surface area (Å²) in [5.74, 6) is -1.64. The first-order valence-electron chi connectivity index (χ1n) is 10.7. The van der Waals surface area contributed by atoms with E-state index in [2.05, 4.69) is 0 Å². The van der Waals surface area contributed by atoms with Crippen LogP contribution in [0.25, 0.3) is 0 Å². The Labute approximate surface area is 183 Å². The minimum Gasteiger partial charge on any atom is -0.461 e. The third-order valence-electron chi connectivity index (χ3n) is 5.44. The van der Waals surface area contributed by atoms with E-state index in [0.29, 0.717) is 42.0 Å². The topological polar surface area (TPSA) is 68.6 Å². The van der Waals surface area contributed by atoms with Crippen LogP contribution in [-0.2, 0) is 11.3 Å². The summed E-state index contributed by atoms with van der Waals surface area (Å²) in [6, 6.07) is 4.67. The molecule has 0 aliphatic heterocycles. The molecule has 7 heteroatoms. The van der Waals surface area contributed by atoms with Gasteiger partial charge in [0.25, 0.3) is 5.91 Å². The molecule has 2 aromatic rings. The van der Waals surface area contributed by atoms with E-state index in [1.165, 1.54) is 29.2 Å². The molecule has 0 spiro atoms. The number of hydrogen-bond donors (Lipinski definition) is 0. The van der Waals surface area contributed by atoms with Crippen LogP contribution in [0.5, 0.6) is 0 Å². The number of ether oxygens (including phenoxy) is 1. The van der Waals surface area contributed by atoms with E-state index >= 15 is 0 Å². The van der Waals surface area contributed by atoms with Gasteiger partial charge >= 0.3 is 5.97 Å². The molecule has 1 aromatic heterocycles. The number of aromatic nitrogens is 1. The molecule has 6 nitrogen and oxygen atoms in total. The van der Waals surface area contributed by atoms with E-state index < -0.39 is 23.7 Å². The van der Waals surface area contributed by atoms with E-state index in [1.807, 2.05) is 13.8 Å². The summed E-state index contributed by atoms with van der Waals surface area (Å²) in [6.07, 6.45) is 0.640. The summed E-state index contributed by atoms with van der Waals surface area (Å²) < 4.78 is 20.6. The SMILES string of the molecule is CCCN(C(=O)c1cccc(F)c1)C(C)C(=O)c1c(C)c(C(=O)OCC)n(CC)c1C. The fraction of sp³-hybridized carbons (Fsp3) is 0.458. The van der Waals surface area contributed by atoms with Gasteiger partial charge in [-0.05, 0) is 64.8 Å². The number of Topliss-reactive ketones (excluding diaryl/α,β-unsaturated/α-hetero) is 1. The minimum atomic E-state index is -0.782. The third-order valence-corrected chi connectivity index (χ3v) is 5.44. The van der Waals surface area contributed by atoms with Crippen molar-refractivity contribution < 1.29 is 23.5 Å². The van der Waals surface area contributed by atoms with Gasteiger partial charge in [0.2, 0.25) is 0 Å². The Balaban J connectivity index is 2.48. The number of ketones is 1. The summed E-state index contributed by atoms with van der Waals surface area (Å²) in [5, 5.41) is 0. The Kier molecular flexibility index (Phi) is 8.14. The lowest BCUT2D eigenvalue weighted by Crippen LogP contribution is -2.44. The summed E-state index contributed by atoms with van der Waals surface area (Å²) in [6.45, 7) is 11.8. The highest BCUT2D eigenvalue weighted by Gasteiger charge is 2.33. The molecule has 2 rings (SSSR count). The lowest BCUT2D eigenvalue weighted by atomic mass is 9.99. The van der Waals surface area contributed by atoms with Crippen LogP contribution in [0.4, 0.5) is 4.39 Å². The first-order valence-corrected chi connectivity index (χ1v) is 10.7. The zero-order valence-corrected chi connectivity index (χ0v) is 19.1. The number of carbonyl (C=O) groups is 3. The molecule has 1 amide bonds. The maximum atomic E-state index is 13.6. The molecule has 1 atom stereocenters. The van der Waals surface area contributed by atoms with Gasteiger partial charge in [-0.3, -0.25) is 9.59 Å². The monoisotopic (exact) mass is 430 g/mol. The smallest absolute Gasteiger partial charge is 0.355 e. The summed E-state index contributed by atoms with van der Waals surface area (Å²) >= 11 is 0. The van der Waals surface area contributed by atoms with Crippen LogP contribution in [0.15, 0.2) is 24.3 Å². The molecular formula is C24H31FN2O4. The van der Waals surface area contributed by atoms with E-state index in [-0.39, 0.29) is 18.0 Å². The lowest BCUT2D eigenvalue weighted by Gasteiger charge is -2.28. The van der Waals surface area contributed by atoms with Gasteiger partial charge in [0, 0.05) is 29.9 Å². The van der Waals surface area contributed by atoms with Crippen molar-refractivity contribution in [2.45, 2.75) is 60.5 Å². The fourth-order valence-corrected chi connectivity index (χ4v) is 3.97. The third kappa shape index (κ3) is 4.86. The summed E-state index contributed by atoms with van der Waals surface area (Å²) in [7, 11) is 0. The van der Waals surface area contributed by atoms with Crippen LogP contribution in [0, 0.1) is 19.7 Å². The van der Waals surface area contributed by atoms with Gasteiger partial charge in [-0.2, -0.15) is 0 Å². The average Bonchev–Trinajstić information content (AvgIpc) is 3.00. The average molecular weight is 431 g/mol. The molecule has 31 heavy (non-hydrogen) atoms. The predicted molar refractivity (Wildman–Crippen MR) is 117 cm³/mol. The highest BCUT2D eigenvalue weighted by atomic mass is 19.1. The normalized spacial score (nSPS) is 11.8. The maximum Gasteiger partial charge on any atom is 0.355 e. The van der Waals surface area contributed by atoms with Crippen LogP contribution >= 0.6 is 0 Å². The number of esters is 1. The molecule has 1 aromatic carbocycles. The number of amides is 1. The van der Waals surface area contributed by atoms with Crippen molar-refractivity contribution in [3.63, 3.8) is 0 Å². The van der Waals surface area contributed by atoms with Crippen molar-refractivity contribution in [1.82, 2.24) is 9.47 Å². The van der Waals surface area contributed by atoms with Crippen molar-refractivity contribution in [1.29, 1.82) is 0 Å². The van der Waals surface area contributed by atoms with E-state index in [4.69, 9.17) is 4.74 Å².